The Hall–Kier alpha value is -0.770. The molecule has 2 aliphatic rings. The van der Waals surface area contributed by atoms with E-state index in [-0.39, 0.29) is 0 Å². The number of unbranched alkanes of at least 4 members (excludes halogenated alkanes) is 2. The van der Waals surface area contributed by atoms with Crippen LogP contribution in [0.4, 0.5) is 0 Å². The Morgan fingerprint density at radius 3 is 1.74 bits per heavy atom. The molecule has 1 amide bonds. The molecular weight excluding hydrogens is 354 g/mol. The highest BCUT2D eigenvalue weighted by Crippen LogP contribution is 2.16. The number of ether oxygens (including phenoxy) is 4. The summed E-state index contributed by atoms with van der Waals surface area (Å²) in [6.45, 7) is 3.68. The molecule has 2 fully saturated rings. The first-order valence-electron chi connectivity index (χ1n) is 10.2. The lowest BCUT2D eigenvalue weighted by Gasteiger charge is -2.28. The summed E-state index contributed by atoms with van der Waals surface area (Å²) < 4.78 is 21.9. The highest BCUT2D eigenvalue weighted by molar-refractivity contribution is 5.46. The van der Waals surface area contributed by atoms with Crippen LogP contribution in [-0.4, -0.2) is 85.8 Å². The number of hydrogen-bond donors (Lipinski definition) is 2. The Morgan fingerprint density at radius 2 is 1.33 bits per heavy atom. The van der Waals surface area contributed by atoms with Crippen molar-refractivity contribution in [2.24, 2.45) is 0 Å². The van der Waals surface area contributed by atoms with Crippen LogP contribution in [0.1, 0.15) is 51.4 Å². The van der Waals surface area contributed by atoms with E-state index in [4.69, 9.17) is 18.9 Å². The van der Waals surface area contributed by atoms with Crippen molar-refractivity contribution in [3.05, 3.63) is 0 Å². The monoisotopic (exact) mass is 389 g/mol. The van der Waals surface area contributed by atoms with Crippen LogP contribution in [0.2, 0.25) is 0 Å². The molecule has 0 spiro atoms. The second-order valence-electron chi connectivity index (χ2n) is 7.19. The molecule has 0 aliphatic carbocycles. The molecule has 2 aliphatic heterocycles. The zero-order valence-corrected chi connectivity index (χ0v) is 16.2. The van der Waals surface area contributed by atoms with Gasteiger partial charge < -0.3 is 34.1 Å². The summed E-state index contributed by atoms with van der Waals surface area (Å²) >= 11 is 0. The Morgan fingerprint density at radius 1 is 0.852 bits per heavy atom. The average Bonchev–Trinajstić information content (AvgIpc) is 2.68. The number of aliphatic hydroxyl groups is 2. The Balaban J connectivity index is 1.44. The molecule has 8 heteroatoms. The number of aliphatic hydroxyl groups excluding tert-OH is 2. The van der Waals surface area contributed by atoms with Crippen molar-refractivity contribution in [2.75, 3.05) is 39.5 Å². The van der Waals surface area contributed by atoms with Gasteiger partial charge in [-0.3, -0.25) is 4.79 Å². The second kappa shape index (κ2) is 13.4. The van der Waals surface area contributed by atoms with Gasteiger partial charge in [0.05, 0.1) is 0 Å². The van der Waals surface area contributed by atoms with Gasteiger partial charge in [-0.15, -0.1) is 0 Å². The summed E-state index contributed by atoms with van der Waals surface area (Å²) in [5, 5.41) is 19.5. The molecule has 0 aromatic carbocycles. The van der Waals surface area contributed by atoms with Crippen molar-refractivity contribution in [1.29, 1.82) is 0 Å². The third kappa shape index (κ3) is 8.85. The molecular formula is C19H35NO7. The van der Waals surface area contributed by atoms with Crippen LogP contribution in [-0.2, 0) is 23.7 Å². The summed E-state index contributed by atoms with van der Waals surface area (Å²) in [5.41, 5.74) is 0. The van der Waals surface area contributed by atoms with Gasteiger partial charge in [-0.05, 0) is 51.4 Å². The van der Waals surface area contributed by atoms with Gasteiger partial charge >= 0.3 is 0 Å². The maximum atomic E-state index is 11.2. The standard InChI is InChI=1S/C19H35NO7/c21-15-20(9-1-3-11-24-18-16(22)7-5-13-26-18)10-2-4-12-25-19-17(23)8-6-14-27-19/h15-19,22-23H,1-14H2. The molecule has 0 bridgehead atoms. The van der Waals surface area contributed by atoms with Crippen LogP contribution in [0, 0.1) is 0 Å². The van der Waals surface area contributed by atoms with Crippen LogP contribution in [0.3, 0.4) is 0 Å². The number of nitrogens with zero attached hydrogens (tertiary/aromatic N) is 1. The van der Waals surface area contributed by atoms with Crippen molar-refractivity contribution in [3.8, 4) is 0 Å². The van der Waals surface area contributed by atoms with E-state index >= 15 is 0 Å². The summed E-state index contributed by atoms with van der Waals surface area (Å²) in [5.74, 6) is 0. The predicted molar refractivity (Wildman–Crippen MR) is 98.0 cm³/mol. The van der Waals surface area contributed by atoms with Crippen molar-refractivity contribution < 1.29 is 34.0 Å². The summed E-state index contributed by atoms with van der Waals surface area (Å²) in [4.78, 5) is 12.9. The number of carbonyl (C=O) groups excluding carboxylic acids is 1. The molecule has 8 nitrogen and oxygen atoms in total. The van der Waals surface area contributed by atoms with Gasteiger partial charge in [-0.2, -0.15) is 0 Å². The van der Waals surface area contributed by atoms with Gasteiger partial charge in [-0.1, -0.05) is 0 Å². The minimum absolute atomic E-state index is 0.507. The van der Waals surface area contributed by atoms with Gasteiger partial charge in [0.1, 0.15) is 12.2 Å². The molecule has 158 valence electrons. The maximum Gasteiger partial charge on any atom is 0.209 e. The molecule has 2 saturated heterocycles. The Labute approximate surface area is 161 Å². The Kier molecular flexibility index (Phi) is 11.2. The van der Waals surface area contributed by atoms with Crippen molar-refractivity contribution in [1.82, 2.24) is 4.90 Å². The van der Waals surface area contributed by atoms with Crippen LogP contribution in [0.5, 0.6) is 0 Å². The average molecular weight is 389 g/mol. The van der Waals surface area contributed by atoms with Gasteiger partial charge in [0.25, 0.3) is 0 Å². The van der Waals surface area contributed by atoms with E-state index in [1.54, 1.807) is 4.90 Å². The van der Waals surface area contributed by atoms with Crippen molar-refractivity contribution in [2.45, 2.75) is 76.2 Å². The van der Waals surface area contributed by atoms with E-state index in [1.165, 1.54) is 0 Å². The summed E-state index contributed by atoms with van der Waals surface area (Å²) in [6, 6.07) is 0. The first-order valence-corrected chi connectivity index (χ1v) is 10.2. The number of amides is 1. The lowest BCUT2D eigenvalue weighted by molar-refractivity contribution is -0.214. The predicted octanol–water partition coefficient (Wildman–Crippen LogP) is 1.03. The molecule has 4 unspecified atom stereocenters. The van der Waals surface area contributed by atoms with E-state index in [0.717, 1.165) is 57.8 Å². The summed E-state index contributed by atoms with van der Waals surface area (Å²) in [7, 11) is 0. The van der Waals surface area contributed by atoms with Gasteiger partial charge in [0.2, 0.25) is 6.41 Å². The van der Waals surface area contributed by atoms with Crippen molar-refractivity contribution >= 4 is 6.41 Å². The zero-order valence-electron chi connectivity index (χ0n) is 16.2. The molecule has 4 atom stereocenters. The number of rotatable bonds is 13. The smallest absolute Gasteiger partial charge is 0.209 e. The summed E-state index contributed by atoms with van der Waals surface area (Å²) in [6.07, 6.45) is 5.31. The highest BCUT2D eigenvalue weighted by atomic mass is 16.7. The molecule has 2 heterocycles. The van der Waals surface area contributed by atoms with Gasteiger partial charge in [0.15, 0.2) is 12.6 Å². The van der Waals surface area contributed by atoms with Gasteiger partial charge in [-0.25, -0.2) is 0 Å². The van der Waals surface area contributed by atoms with E-state index in [9.17, 15) is 15.0 Å². The third-order valence-corrected chi connectivity index (χ3v) is 4.87. The SMILES string of the molecule is O=CN(CCCCOC1OCCCC1O)CCCCOC1OCCCC1O. The Bertz CT molecular complexity index is 366. The lowest BCUT2D eigenvalue weighted by atomic mass is 10.1. The molecule has 0 radical (unpaired) electrons. The third-order valence-electron chi connectivity index (χ3n) is 4.87. The minimum Gasteiger partial charge on any atom is -0.388 e. The minimum atomic E-state index is -0.535. The fourth-order valence-corrected chi connectivity index (χ4v) is 3.25. The molecule has 27 heavy (non-hydrogen) atoms. The number of hydrogen-bond acceptors (Lipinski definition) is 7. The first-order chi connectivity index (χ1) is 13.2. The van der Waals surface area contributed by atoms with E-state index < -0.39 is 24.8 Å². The van der Waals surface area contributed by atoms with Gasteiger partial charge in [0, 0.05) is 39.5 Å². The van der Waals surface area contributed by atoms with Crippen molar-refractivity contribution in [3.63, 3.8) is 0 Å². The topological polar surface area (TPSA) is 97.7 Å². The van der Waals surface area contributed by atoms with E-state index in [2.05, 4.69) is 0 Å². The molecule has 2 N–H and O–H groups in total. The van der Waals surface area contributed by atoms with Crippen LogP contribution in [0.15, 0.2) is 0 Å². The highest BCUT2D eigenvalue weighted by Gasteiger charge is 2.24. The normalized spacial score (nSPS) is 28.8. The largest absolute Gasteiger partial charge is 0.388 e. The fraction of sp³-hybridized carbons (Fsp3) is 0.947. The quantitative estimate of drug-likeness (QED) is 0.359. The molecule has 0 aromatic rings. The number of carbonyl (C=O) groups is 1. The molecule has 0 saturated carbocycles. The molecule has 0 aromatic heterocycles. The maximum absolute atomic E-state index is 11.2. The van der Waals surface area contributed by atoms with E-state index in [1.807, 2.05) is 0 Å². The lowest BCUT2D eigenvalue weighted by Crippen LogP contribution is -2.36. The van der Waals surface area contributed by atoms with Crippen LogP contribution >= 0.6 is 0 Å². The second-order valence-corrected chi connectivity index (χ2v) is 7.19. The van der Waals surface area contributed by atoms with Crippen LogP contribution in [0.25, 0.3) is 0 Å². The van der Waals surface area contributed by atoms with Crippen LogP contribution < -0.4 is 0 Å². The van der Waals surface area contributed by atoms with E-state index in [0.29, 0.717) is 39.5 Å². The fourth-order valence-electron chi connectivity index (χ4n) is 3.25. The first kappa shape index (κ1) is 22.5. The molecule has 2 rings (SSSR count). The zero-order chi connectivity index (χ0) is 19.3.